The lowest BCUT2D eigenvalue weighted by Gasteiger charge is -2.15. The topological polar surface area (TPSA) is 85.4 Å². The Bertz CT molecular complexity index is 913. The van der Waals surface area contributed by atoms with Gasteiger partial charge in [0.2, 0.25) is 15.9 Å². The molecule has 0 aliphatic carbocycles. The number of esters is 1. The molecular formula is C16H16Cl2N2O4S2. The van der Waals surface area contributed by atoms with Crippen LogP contribution in [0, 0.1) is 0 Å². The minimum absolute atomic E-state index is 0.0517. The smallest absolute Gasteiger partial charge is 0.312 e. The summed E-state index contributed by atoms with van der Waals surface area (Å²) in [5.74, 6) is -0.372. The van der Waals surface area contributed by atoms with Gasteiger partial charge in [0, 0.05) is 6.42 Å². The van der Waals surface area contributed by atoms with Crippen LogP contribution in [-0.4, -0.2) is 19.4 Å². The van der Waals surface area contributed by atoms with Gasteiger partial charge in [0.05, 0.1) is 15.4 Å². The average Bonchev–Trinajstić information content (AvgIpc) is 2.97. The second kappa shape index (κ2) is 8.85. The zero-order valence-corrected chi connectivity index (χ0v) is 16.9. The number of sulfonamides is 1. The van der Waals surface area contributed by atoms with E-state index in [4.69, 9.17) is 27.9 Å². The molecule has 0 bridgehead atoms. The number of rotatable bonds is 8. The number of thiazole rings is 1. The van der Waals surface area contributed by atoms with Crippen LogP contribution in [0.2, 0.25) is 10.0 Å². The predicted octanol–water partition coefficient (Wildman–Crippen LogP) is 4.82. The van der Waals surface area contributed by atoms with Gasteiger partial charge < -0.3 is 4.74 Å². The van der Waals surface area contributed by atoms with Crippen LogP contribution >= 0.6 is 34.5 Å². The number of nitrogens with one attached hydrogen (secondary N) is 1. The lowest BCUT2D eigenvalue weighted by atomic mass is 10.1. The van der Waals surface area contributed by atoms with E-state index in [1.165, 1.54) is 23.6 Å². The largest absolute Gasteiger partial charge is 0.406 e. The van der Waals surface area contributed by atoms with Crippen LogP contribution in [0.25, 0.3) is 0 Å². The van der Waals surface area contributed by atoms with Crippen molar-refractivity contribution in [3.05, 3.63) is 51.8 Å². The van der Waals surface area contributed by atoms with Gasteiger partial charge in [-0.15, -0.1) is 17.9 Å². The van der Waals surface area contributed by atoms with Crippen LogP contribution in [-0.2, 0) is 14.8 Å². The predicted molar refractivity (Wildman–Crippen MR) is 105 cm³/mol. The number of carbonyl (C=O) groups is 1. The Morgan fingerprint density at radius 1 is 1.42 bits per heavy atom. The molecule has 0 amide bonds. The first-order valence-corrected chi connectivity index (χ1v) is 10.7. The van der Waals surface area contributed by atoms with Crippen molar-refractivity contribution >= 4 is 55.7 Å². The van der Waals surface area contributed by atoms with Crippen LogP contribution in [0.1, 0.15) is 30.6 Å². The molecule has 140 valence electrons. The zero-order valence-electron chi connectivity index (χ0n) is 13.7. The lowest BCUT2D eigenvalue weighted by Crippen LogP contribution is -2.20. The third-order valence-corrected chi connectivity index (χ3v) is 6.42. The first-order chi connectivity index (χ1) is 12.3. The average molecular weight is 435 g/mol. The van der Waals surface area contributed by atoms with Gasteiger partial charge in [-0.05, 0) is 24.1 Å². The molecule has 1 aromatic heterocycles. The number of hydrogen-bond acceptors (Lipinski definition) is 6. The molecule has 0 radical (unpaired) electrons. The quantitative estimate of drug-likeness (QED) is 0.475. The third kappa shape index (κ3) is 5.20. The van der Waals surface area contributed by atoms with Crippen LogP contribution in [0.15, 0.2) is 36.2 Å². The minimum atomic E-state index is -3.90. The summed E-state index contributed by atoms with van der Waals surface area (Å²) in [6.45, 7) is 5.43. The van der Waals surface area contributed by atoms with Crippen LogP contribution in [0.3, 0.4) is 0 Å². The van der Waals surface area contributed by atoms with E-state index in [0.29, 0.717) is 17.0 Å². The van der Waals surface area contributed by atoms with Gasteiger partial charge in [-0.3, -0.25) is 9.52 Å². The molecule has 0 spiro atoms. The summed E-state index contributed by atoms with van der Waals surface area (Å²) in [6, 6.07) is 4.54. The highest BCUT2D eigenvalue weighted by atomic mass is 35.5. The Morgan fingerprint density at radius 2 is 2.15 bits per heavy atom. The highest BCUT2D eigenvalue weighted by molar-refractivity contribution is 7.93. The van der Waals surface area contributed by atoms with Gasteiger partial charge in [-0.2, -0.15) is 4.98 Å². The first kappa shape index (κ1) is 20.7. The molecule has 1 unspecified atom stereocenters. The maximum atomic E-state index is 12.7. The Kier molecular flexibility index (Phi) is 7.05. The highest BCUT2D eigenvalue weighted by Gasteiger charge is 2.26. The summed E-state index contributed by atoms with van der Waals surface area (Å²) in [6.07, 6.45) is 2.18. The molecule has 1 heterocycles. The molecule has 0 saturated carbocycles. The summed E-state index contributed by atoms with van der Waals surface area (Å²) >= 11 is 12.8. The molecule has 2 rings (SSSR count). The van der Waals surface area contributed by atoms with Gasteiger partial charge in [0.25, 0.3) is 0 Å². The molecule has 2 aromatic rings. The fraction of sp³-hybridized carbons (Fsp3) is 0.250. The molecule has 1 aromatic carbocycles. The molecule has 0 aliphatic rings. The lowest BCUT2D eigenvalue weighted by molar-refractivity contribution is -0.134. The van der Waals surface area contributed by atoms with Gasteiger partial charge in [-0.25, -0.2) is 8.42 Å². The molecule has 0 fully saturated rings. The van der Waals surface area contributed by atoms with E-state index in [2.05, 4.69) is 16.3 Å². The summed E-state index contributed by atoms with van der Waals surface area (Å²) < 4.78 is 32.7. The number of nitrogens with zero attached hydrogens (tertiary/aromatic N) is 1. The summed E-state index contributed by atoms with van der Waals surface area (Å²) in [7, 11) is -3.90. The van der Waals surface area contributed by atoms with E-state index in [9.17, 15) is 13.2 Å². The number of anilines is 1. The Morgan fingerprint density at radius 3 is 2.77 bits per heavy atom. The fourth-order valence-electron chi connectivity index (χ4n) is 2.04. The number of hydrogen-bond donors (Lipinski definition) is 1. The summed E-state index contributed by atoms with van der Waals surface area (Å²) in [5, 5.41) is 1.03. The van der Waals surface area contributed by atoms with Crippen molar-refractivity contribution in [2.75, 3.05) is 4.72 Å². The van der Waals surface area contributed by atoms with Crippen molar-refractivity contribution in [2.45, 2.75) is 25.0 Å². The number of carbonyl (C=O) groups excluding carboxylic acids is 1. The number of aromatic nitrogens is 1. The van der Waals surface area contributed by atoms with E-state index < -0.39 is 21.2 Å². The molecule has 1 N–H and O–H groups in total. The van der Waals surface area contributed by atoms with Gasteiger partial charge >= 0.3 is 5.97 Å². The molecule has 10 heteroatoms. The molecule has 0 saturated heterocycles. The summed E-state index contributed by atoms with van der Waals surface area (Å²) in [5.41, 5.74) is 0.410. The number of halogens is 2. The van der Waals surface area contributed by atoms with Crippen molar-refractivity contribution < 1.29 is 17.9 Å². The van der Waals surface area contributed by atoms with Gasteiger partial charge in [-0.1, -0.05) is 42.3 Å². The Balaban J connectivity index is 2.18. The second-order valence-electron chi connectivity index (χ2n) is 5.19. The summed E-state index contributed by atoms with van der Waals surface area (Å²) in [4.78, 5) is 15.4. The van der Waals surface area contributed by atoms with Crippen molar-refractivity contribution in [1.82, 2.24) is 4.98 Å². The highest BCUT2D eigenvalue weighted by Crippen LogP contribution is 2.32. The van der Waals surface area contributed by atoms with Crippen molar-refractivity contribution in [3.8, 4) is 5.88 Å². The standard InChI is InChI=1S/C16H16Cl2N2O4S2/c1-3-5-15(21)24-14-9-25-16(19-14)20-26(22,23)13(4-2)10-6-7-11(17)12(18)8-10/h4,6-9,13H,2-3,5H2,1H3,(H,19,20). The molecule has 0 aliphatic heterocycles. The monoisotopic (exact) mass is 434 g/mol. The molecule has 6 nitrogen and oxygen atoms in total. The Hall–Kier alpha value is -1.61. The maximum Gasteiger partial charge on any atom is 0.312 e. The third-order valence-electron chi connectivity index (χ3n) is 3.21. The van der Waals surface area contributed by atoms with E-state index in [0.717, 1.165) is 11.3 Å². The molecule has 26 heavy (non-hydrogen) atoms. The minimum Gasteiger partial charge on any atom is -0.406 e. The normalized spacial score (nSPS) is 12.4. The van der Waals surface area contributed by atoms with E-state index >= 15 is 0 Å². The van der Waals surface area contributed by atoms with Crippen LogP contribution in [0.4, 0.5) is 5.13 Å². The SMILES string of the molecule is C=CC(c1ccc(Cl)c(Cl)c1)S(=O)(=O)Nc1nc(OC(=O)CCC)cs1. The fourth-order valence-corrected chi connectivity index (χ4v) is 4.52. The van der Waals surface area contributed by atoms with Crippen molar-refractivity contribution in [2.24, 2.45) is 0 Å². The molecule has 1 atom stereocenters. The van der Waals surface area contributed by atoms with Crippen molar-refractivity contribution in [1.29, 1.82) is 0 Å². The van der Waals surface area contributed by atoms with Crippen molar-refractivity contribution in [3.63, 3.8) is 0 Å². The zero-order chi connectivity index (χ0) is 19.3. The Labute approximate surface area is 165 Å². The van der Waals surface area contributed by atoms with E-state index in [-0.39, 0.29) is 22.5 Å². The second-order valence-corrected chi connectivity index (χ2v) is 8.67. The van der Waals surface area contributed by atoms with Crippen LogP contribution in [0.5, 0.6) is 5.88 Å². The number of benzene rings is 1. The van der Waals surface area contributed by atoms with Gasteiger partial charge in [0.15, 0.2) is 5.13 Å². The van der Waals surface area contributed by atoms with Gasteiger partial charge in [0.1, 0.15) is 5.25 Å². The maximum absolute atomic E-state index is 12.7. The number of ether oxygens (including phenoxy) is 1. The van der Waals surface area contributed by atoms with Crippen LogP contribution < -0.4 is 9.46 Å². The van der Waals surface area contributed by atoms with E-state index in [1.54, 1.807) is 6.07 Å². The van der Waals surface area contributed by atoms with E-state index in [1.807, 2.05) is 6.92 Å². The first-order valence-electron chi connectivity index (χ1n) is 7.52. The molecular weight excluding hydrogens is 419 g/mol.